The number of ether oxygens (including phenoxy) is 3. The zero-order valence-electron chi connectivity index (χ0n) is 16.1. The Balaban J connectivity index is 3.35. The lowest BCUT2D eigenvalue weighted by atomic mass is 9.97. The van der Waals surface area contributed by atoms with E-state index in [9.17, 15) is 14.9 Å². The van der Waals surface area contributed by atoms with E-state index in [4.69, 9.17) is 14.2 Å². The van der Waals surface area contributed by atoms with Crippen LogP contribution in [0.15, 0.2) is 12.1 Å². The van der Waals surface area contributed by atoms with Crippen molar-refractivity contribution in [1.29, 1.82) is 0 Å². The van der Waals surface area contributed by atoms with Crippen LogP contribution in [0.25, 0.3) is 0 Å². The Kier molecular flexibility index (Phi) is 6.05. The number of rotatable bonds is 5. The summed E-state index contributed by atoms with van der Waals surface area (Å²) in [4.78, 5) is 23.1. The summed E-state index contributed by atoms with van der Waals surface area (Å²) < 4.78 is 16.4. The minimum Gasteiger partial charge on any atom is -0.493 e. The SMILES string of the molecule is COc1cc(C(C)OC(=O)C(C)(C)C)c([N+](=O)[O-])cc1OC(C)(C)C. The topological polar surface area (TPSA) is 87.9 Å². The second kappa shape index (κ2) is 7.29. The number of benzene rings is 1. The van der Waals surface area contributed by atoms with Gasteiger partial charge in [0.1, 0.15) is 11.7 Å². The van der Waals surface area contributed by atoms with E-state index in [1.165, 1.54) is 19.2 Å². The lowest BCUT2D eigenvalue weighted by Gasteiger charge is -2.24. The minimum absolute atomic E-state index is 0.186. The van der Waals surface area contributed by atoms with Crippen molar-refractivity contribution >= 4 is 11.7 Å². The molecule has 0 N–H and O–H groups in total. The first kappa shape index (κ1) is 20.7. The minimum atomic E-state index is -0.801. The van der Waals surface area contributed by atoms with Crippen LogP contribution in [-0.4, -0.2) is 23.6 Å². The van der Waals surface area contributed by atoms with E-state index in [2.05, 4.69) is 0 Å². The molecule has 1 unspecified atom stereocenters. The van der Waals surface area contributed by atoms with Gasteiger partial charge in [-0.25, -0.2) is 0 Å². The number of nitro groups is 1. The number of hydrogen-bond donors (Lipinski definition) is 0. The van der Waals surface area contributed by atoms with Crippen molar-refractivity contribution in [3.63, 3.8) is 0 Å². The first-order valence-electron chi connectivity index (χ1n) is 8.02. The number of esters is 1. The predicted octanol–water partition coefficient (Wildman–Crippen LogP) is 4.43. The van der Waals surface area contributed by atoms with Gasteiger partial charge in [-0.05, 0) is 54.5 Å². The molecule has 140 valence electrons. The molecule has 0 saturated carbocycles. The Bertz CT molecular complexity index is 655. The molecule has 0 aliphatic heterocycles. The first-order valence-corrected chi connectivity index (χ1v) is 8.02. The fourth-order valence-electron chi connectivity index (χ4n) is 2.02. The molecule has 0 spiro atoms. The maximum Gasteiger partial charge on any atom is 0.311 e. The van der Waals surface area contributed by atoms with Crippen molar-refractivity contribution < 1.29 is 23.9 Å². The molecule has 7 heteroatoms. The molecule has 1 aromatic rings. The monoisotopic (exact) mass is 353 g/mol. The van der Waals surface area contributed by atoms with Crippen LogP contribution >= 0.6 is 0 Å². The van der Waals surface area contributed by atoms with Gasteiger partial charge in [-0.3, -0.25) is 14.9 Å². The van der Waals surface area contributed by atoms with Crippen molar-refractivity contribution in [1.82, 2.24) is 0 Å². The molecule has 1 rings (SSSR count). The summed E-state index contributed by atoms with van der Waals surface area (Å²) in [7, 11) is 1.45. The van der Waals surface area contributed by atoms with Crippen molar-refractivity contribution in [2.24, 2.45) is 5.41 Å². The van der Waals surface area contributed by atoms with Crippen molar-refractivity contribution in [3.05, 3.63) is 27.8 Å². The molecule has 0 aromatic heterocycles. The third-order valence-corrected chi connectivity index (χ3v) is 3.26. The average Bonchev–Trinajstić information content (AvgIpc) is 2.43. The Labute approximate surface area is 148 Å². The van der Waals surface area contributed by atoms with E-state index < -0.39 is 28.0 Å². The third-order valence-electron chi connectivity index (χ3n) is 3.26. The normalized spacial score (nSPS) is 13.1. The standard InChI is InChI=1S/C18H27NO6/c1-11(24-16(20)17(2,3)4)12-9-14(23-8)15(25-18(5,6)7)10-13(12)19(21)22/h9-11H,1-8H3. The summed E-state index contributed by atoms with van der Waals surface area (Å²) in [6, 6.07) is 2.79. The fourth-order valence-corrected chi connectivity index (χ4v) is 2.02. The molecular weight excluding hydrogens is 326 g/mol. The molecule has 1 atom stereocenters. The van der Waals surface area contributed by atoms with Crippen LogP contribution in [0.5, 0.6) is 11.5 Å². The van der Waals surface area contributed by atoms with Gasteiger partial charge in [0, 0.05) is 0 Å². The second-order valence-corrected chi connectivity index (χ2v) is 7.83. The van der Waals surface area contributed by atoms with Crippen LogP contribution in [-0.2, 0) is 9.53 Å². The van der Waals surface area contributed by atoms with E-state index in [1.807, 2.05) is 20.8 Å². The number of nitrogens with zero attached hydrogens (tertiary/aromatic N) is 1. The van der Waals surface area contributed by atoms with Gasteiger partial charge in [0.05, 0.1) is 29.1 Å². The molecule has 7 nitrogen and oxygen atoms in total. The largest absolute Gasteiger partial charge is 0.493 e. The van der Waals surface area contributed by atoms with E-state index in [0.29, 0.717) is 5.75 Å². The number of hydrogen-bond acceptors (Lipinski definition) is 6. The van der Waals surface area contributed by atoms with Crippen molar-refractivity contribution in [2.45, 2.75) is 60.2 Å². The summed E-state index contributed by atoms with van der Waals surface area (Å²) in [5.74, 6) is 0.164. The highest BCUT2D eigenvalue weighted by Crippen LogP contribution is 2.40. The van der Waals surface area contributed by atoms with Crippen LogP contribution in [0.4, 0.5) is 5.69 Å². The third kappa shape index (κ3) is 5.62. The maximum absolute atomic E-state index is 12.1. The molecular formula is C18H27NO6. The summed E-state index contributed by atoms with van der Waals surface area (Å²) in [5.41, 5.74) is -1.19. The Morgan fingerprint density at radius 3 is 2.08 bits per heavy atom. The van der Waals surface area contributed by atoms with Gasteiger partial charge in [0.25, 0.3) is 5.69 Å². The van der Waals surface area contributed by atoms with Gasteiger partial charge >= 0.3 is 5.97 Å². The molecule has 25 heavy (non-hydrogen) atoms. The van der Waals surface area contributed by atoms with E-state index in [-0.39, 0.29) is 17.0 Å². The zero-order chi connectivity index (χ0) is 19.6. The Morgan fingerprint density at radius 2 is 1.68 bits per heavy atom. The first-order chi connectivity index (χ1) is 11.3. The quantitative estimate of drug-likeness (QED) is 0.442. The lowest BCUT2D eigenvalue weighted by Crippen LogP contribution is -2.25. The van der Waals surface area contributed by atoms with Gasteiger partial charge in [-0.15, -0.1) is 0 Å². The highest BCUT2D eigenvalue weighted by atomic mass is 16.6. The van der Waals surface area contributed by atoms with E-state index in [1.54, 1.807) is 27.7 Å². The van der Waals surface area contributed by atoms with Gasteiger partial charge in [0.15, 0.2) is 11.5 Å². The zero-order valence-corrected chi connectivity index (χ0v) is 16.1. The average molecular weight is 353 g/mol. The van der Waals surface area contributed by atoms with Crippen molar-refractivity contribution in [3.8, 4) is 11.5 Å². The molecule has 0 heterocycles. The summed E-state index contributed by atoms with van der Waals surface area (Å²) >= 11 is 0. The fraction of sp³-hybridized carbons (Fsp3) is 0.611. The highest BCUT2D eigenvalue weighted by Gasteiger charge is 2.30. The van der Waals surface area contributed by atoms with Crippen LogP contribution in [0.3, 0.4) is 0 Å². The van der Waals surface area contributed by atoms with Gasteiger partial charge < -0.3 is 14.2 Å². The maximum atomic E-state index is 12.1. The smallest absolute Gasteiger partial charge is 0.311 e. The Hall–Kier alpha value is -2.31. The van der Waals surface area contributed by atoms with Crippen molar-refractivity contribution in [2.75, 3.05) is 7.11 Å². The molecule has 0 amide bonds. The van der Waals surface area contributed by atoms with E-state index >= 15 is 0 Å². The summed E-state index contributed by atoms with van der Waals surface area (Å²) in [5, 5.41) is 11.5. The van der Waals surface area contributed by atoms with E-state index in [0.717, 1.165) is 0 Å². The van der Waals surface area contributed by atoms with Crippen LogP contribution in [0.1, 0.15) is 60.1 Å². The molecule has 0 aliphatic carbocycles. The second-order valence-electron chi connectivity index (χ2n) is 7.83. The molecule has 0 saturated heterocycles. The Morgan fingerprint density at radius 1 is 1.12 bits per heavy atom. The van der Waals surface area contributed by atoms with Gasteiger partial charge in [-0.2, -0.15) is 0 Å². The summed E-state index contributed by atoms with van der Waals surface area (Å²) in [6.07, 6.45) is -0.801. The number of nitro benzene ring substituents is 1. The lowest BCUT2D eigenvalue weighted by molar-refractivity contribution is -0.386. The molecule has 0 fully saturated rings. The molecule has 1 aromatic carbocycles. The highest BCUT2D eigenvalue weighted by molar-refractivity contribution is 5.75. The van der Waals surface area contributed by atoms with Crippen LogP contribution < -0.4 is 9.47 Å². The van der Waals surface area contributed by atoms with Crippen LogP contribution in [0, 0.1) is 15.5 Å². The predicted molar refractivity (Wildman–Crippen MR) is 94.0 cm³/mol. The van der Waals surface area contributed by atoms with Gasteiger partial charge in [0.2, 0.25) is 0 Å². The molecule has 0 bridgehead atoms. The molecule has 0 radical (unpaired) electrons. The number of carbonyl (C=O) groups excluding carboxylic acids is 1. The van der Waals surface area contributed by atoms with Gasteiger partial charge in [-0.1, -0.05) is 0 Å². The summed E-state index contributed by atoms with van der Waals surface area (Å²) in [6.45, 7) is 12.3. The van der Waals surface area contributed by atoms with Crippen LogP contribution in [0.2, 0.25) is 0 Å². The number of carbonyl (C=O) groups is 1. The number of methoxy groups -OCH3 is 1. The molecule has 0 aliphatic rings.